The highest BCUT2D eigenvalue weighted by Crippen LogP contribution is 2.33. The number of fused-ring (bicyclic) bond motifs is 1. The molecule has 1 aliphatic heterocycles. The molecule has 0 aromatic carbocycles. The monoisotopic (exact) mass is 260 g/mol. The van der Waals surface area contributed by atoms with Gasteiger partial charge in [0.25, 0.3) is 0 Å². The fourth-order valence-corrected chi connectivity index (χ4v) is 1.89. The highest BCUT2D eigenvalue weighted by molar-refractivity contribution is 5.31. The van der Waals surface area contributed by atoms with E-state index in [1.807, 2.05) is 19.0 Å². The molecule has 1 N–H and O–H groups in total. The Bertz CT molecular complexity index is 443. The third-order valence-electron chi connectivity index (χ3n) is 2.78. The maximum absolute atomic E-state index is 12.9. The molecule has 0 saturated heterocycles. The van der Waals surface area contributed by atoms with Crippen LogP contribution < -0.4 is 5.32 Å². The second kappa shape index (κ2) is 4.81. The van der Waals surface area contributed by atoms with Crippen LogP contribution >= 0.6 is 0 Å². The summed E-state index contributed by atoms with van der Waals surface area (Å²) in [5, 5.41) is 2.88. The first kappa shape index (κ1) is 13.2. The summed E-state index contributed by atoms with van der Waals surface area (Å²) < 4.78 is 38.7. The molecule has 1 aliphatic rings. The van der Waals surface area contributed by atoms with E-state index in [2.05, 4.69) is 15.3 Å². The van der Waals surface area contributed by atoms with Crippen molar-refractivity contribution in [1.29, 1.82) is 0 Å². The molecule has 2 rings (SSSR count). The second-order valence-corrected chi connectivity index (χ2v) is 4.57. The number of likely N-dealkylation sites (N-methyl/N-ethyl adjacent to an activating group) is 1. The minimum Gasteiger partial charge on any atom is -0.309 e. The molecule has 4 nitrogen and oxygen atoms in total. The number of rotatable bonds is 3. The van der Waals surface area contributed by atoms with E-state index in [0.717, 1.165) is 0 Å². The molecule has 0 spiro atoms. The minimum absolute atomic E-state index is 0.191. The van der Waals surface area contributed by atoms with Crippen molar-refractivity contribution >= 4 is 0 Å². The molecule has 0 atom stereocenters. The largest absolute Gasteiger partial charge is 0.433 e. The van der Waals surface area contributed by atoms with Crippen LogP contribution in [0.3, 0.4) is 0 Å². The van der Waals surface area contributed by atoms with Crippen molar-refractivity contribution in [1.82, 2.24) is 20.2 Å². The lowest BCUT2D eigenvalue weighted by Gasteiger charge is -2.13. The van der Waals surface area contributed by atoms with Crippen molar-refractivity contribution in [2.75, 3.05) is 20.6 Å². The number of hydrogen-bond acceptors (Lipinski definition) is 4. The van der Waals surface area contributed by atoms with E-state index >= 15 is 0 Å². The van der Waals surface area contributed by atoms with Gasteiger partial charge >= 0.3 is 6.18 Å². The van der Waals surface area contributed by atoms with Crippen LogP contribution in [-0.4, -0.2) is 35.5 Å². The zero-order chi connectivity index (χ0) is 13.3. The van der Waals surface area contributed by atoms with Gasteiger partial charge in [-0.2, -0.15) is 13.2 Å². The number of alkyl halides is 3. The number of nitrogens with zero attached hydrogens (tertiary/aromatic N) is 3. The van der Waals surface area contributed by atoms with Gasteiger partial charge in [-0.25, -0.2) is 9.97 Å². The molecular formula is C11H15F3N4. The standard InChI is InChI=1S/C11H15F3N4/c1-18(2)4-3-9-16-8-6-15-5-7(8)10(17-9)11(12,13)14/h15H,3-6H2,1-2H3. The van der Waals surface area contributed by atoms with E-state index in [9.17, 15) is 13.2 Å². The van der Waals surface area contributed by atoms with Crippen LogP contribution in [0.25, 0.3) is 0 Å². The van der Waals surface area contributed by atoms with Crippen LogP contribution in [0.4, 0.5) is 13.2 Å². The third kappa shape index (κ3) is 2.78. The predicted molar refractivity (Wildman–Crippen MR) is 59.8 cm³/mol. The van der Waals surface area contributed by atoms with Gasteiger partial charge in [-0.05, 0) is 14.1 Å². The lowest BCUT2D eigenvalue weighted by molar-refractivity contribution is -0.142. The zero-order valence-electron chi connectivity index (χ0n) is 10.3. The second-order valence-electron chi connectivity index (χ2n) is 4.57. The smallest absolute Gasteiger partial charge is 0.309 e. The highest BCUT2D eigenvalue weighted by atomic mass is 19.4. The molecule has 2 heterocycles. The number of hydrogen-bond donors (Lipinski definition) is 1. The number of halogens is 3. The lowest BCUT2D eigenvalue weighted by Crippen LogP contribution is -2.20. The van der Waals surface area contributed by atoms with Crippen molar-refractivity contribution in [3.05, 3.63) is 22.8 Å². The first-order valence-electron chi connectivity index (χ1n) is 5.69. The molecule has 0 bridgehead atoms. The predicted octanol–water partition coefficient (Wildman–Crippen LogP) is 1.20. The summed E-state index contributed by atoms with van der Waals surface area (Å²) in [5.74, 6) is 0.262. The fraction of sp³-hybridized carbons (Fsp3) is 0.636. The normalized spacial score (nSPS) is 15.2. The molecule has 18 heavy (non-hydrogen) atoms. The molecule has 0 fully saturated rings. The molecular weight excluding hydrogens is 245 g/mol. The van der Waals surface area contributed by atoms with E-state index in [-0.39, 0.29) is 17.9 Å². The molecule has 0 unspecified atom stereocenters. The van der Waals surface area contributed by atoms with Crippen LogP contribution in [0.1, 0.15) is 22.8 Å². The molecule has 1 aromatic heterocycles. The Morgan fingerprint density at radius 2 is 1.94 bits per heavy atom. The van der Waals surface area contributed by atoms with Crippen molar-refractivity contribution in [3.63, 3.8) is 0 Å². The van der Waals surface area contributed by atoms with E-state index in [0.29, 0.717) is 25.2 Å². The van der Waals surface area contributed by atoms with Crippen molar-refractivity contribution in [2.24, 2.45) is 0 Å². The number of aromatic nitrogens is 2. The van der Waals surface area contributed by atoms with Gasteiger partial charge in [-0.15, -0.1) is 0 Å². The fourth-order valence-electron chi connectivity index (χ4n) is 1.89. The molecule has 0 amide bonds. The van der Waals surface area contributed by atoms with Gasteiger partial charge in [0.1, 0.15) is 5.82 Å². The summed E-state index contributed by atoms with van der Waals surface area (Å²) in [6.45, 7) is 1.21. The van der Waals surface area contributed by atoms with Crippen LogP contribution in [0.2, 0.25) is 0 Å². The van der Waals surface area contributed by atoms with Gasteiger partial charge in [0.05, 0.1) is 5.69 Å². The van der Waals surface area contributed by atoms with Crippen LogP contribution in [0, 0.1) is 0 Å². The Morgan fingerprint density at radius 1 is 1.22 bits per heavy atom. The maximum Gasteiger partial charge on any atom is 0.433 e. The van der Waals surface area contributed by atoms with Gasteiger partial charge in [0.15, 0.2) is 5.69 Å². The topological polar surface area (TPSA) is 41.1 Å². The lowest BCUT2D eigenvalue weighted by atomic mass is 10.1. The Morgan fingerprint density at radius 3 is 2.56 bits per heavy atom. The van der Waals surface area contributed by atoms with Gasteiger partial charge in [-0.3, -0.25) is 0 Å². The van der Waals surface area contributed by atoms with Gasteiger partial charge < -0.3 is 10.2 Å². The van der Waals surface area contributed by atoms with Crippen LogP contribution in [0.5, 0.6) is 0 Å². The van der Waals surface area contributed by atoms with Crippen molar-refractivity contribution in [2.45, 2.75) is 25.7 Å². The maximum atomic E-state index is 12.9. The van der Waals surface area contributed by atoms with Crippen molar-refractivity contribution in [3.8, 4) is 0 Å². The SMILES string of the molecule is CN(C)CCc1nc2c(c(C(F)(F)F)n1)CNC2. The summed E-state index contributed by atoms with van der Waals surface area (Å²) >= 11 is 0. The minimum atomic E-state index is -4.41. The molecule has 1 aromatic rings. The van der Waals surface area contributed by atoms with E-state index < -0.39 is 11.9 Å². The Balaban J connectivity index is 2.34. The quantitative estimate of drug-likeness (QED) is 0.886. The average molecular weight is 260 g/mol. The van der Waals surface area contributed by atoms with E-state index in [1.54, 1.807) is 0 Å². The van der Waals surface area contributed by atoms with Gasteiger partial charge in [-0.1, -0.05) is 0 Å². The summed E-state index contributed by atoms with van der Waals surface area (Å²) in [7, 11) is 3.72. The Hall–Kier alpha value is -1.21. The third-order valence-corrected chi connectivity index (χ3v) is 2.78. The van der Waals surface area contributed by atoms with E-state index in [4.69, 9.17) is 0 Å². The van der Waals surface area contributed by atoms with E-state index in [1.165, 1.54) is 0 Å². The molecule has 0 aliphatic carbocycles. The zero-order valence-corrected chi connectivity index (χ0v) is 10.3. The molecule has 7 heteroatoms. The first-order valence-corrected chi connectivity index (χ1v) is 5.69. The van der Waals surface area contributed by atoms with Crippen LogP contribution in [-0.2, 0) is 25.7 Å². The molecule has 0 saturated carbocycles. The Labute approximate surface area is 103 Å². The number of nitrogens with one attached hydrogen (secondary N) is 1. The molecule has 100 valence electrons. The van der Waals surface area contributed by atoms with Crippen LogP contribution in [0.15, 0.2) is 0 Å². The van der Waals surface area contributed by atoms with Crippen molar-refractivity contribution < 1.29 is 13.2 Å². The summed E-state index contributed by atoms with van der Waals surface area (Å²) in [4.78, 5) is 9.77. The van der Waals surface area contributed by atoms with Gasteiger partial charge in [0.2, 0.25) is 0 Å². The first-order chi connectivity index (χ1) is 8.38. The Kier molecular flexibility index (Phi) is 3.54. The highest BCUT2D eigenvalue weighted by Gasteiger charge is 2.38. The summed E-state index contributed by atoms with van der Waals surface area (Å²) in [6, 6.07) is 0. The average Bonchev–Trinajstić information content (AvgIpc) is 2.71. The summed E-state index contributed by atoms with van der Waals surface area (Å²) in [5.41, 5.74) is -0.117. The molecule has 0 radical (unpaired) electrons. The summed E-state index contributed by atoms with van der Waals surface area (Å²) in [6.07, 6.45) is -3.99. The van der Waals surface area contributed by atoms with Gasteiger partial charge in [0, 0.05) is 31.6 Å².